The number of benzene rings is 1. The second-order valence-corrected chi connectivity index (χ2v) is 4.16. The molecule has 2 N–H and O–H groups in total. The fraction of sp³-hybridized carbons (Fsp3) is 0.333. The summed E-state index contributed by atoms with van der Waals surface area (Å²) in [5, 5.41) is 0. The highest BCUT2D eigenvalue weighted by molar-refractivity contribution is 9.10. The van der Waals surface area contributed by atoms with Gasteiger partial charge < -0.3 is 5.73 Å². The van der Waals surface area contributed by atoms with Gasteiger partial charge in [-0.05, 0) is 17.7 Å². The molecule has 0 amide bonds. The lowest BCUT2D eigenvalue weighted by atomic mass is 10.1. The monoisotopic (exact) mass is 283 g/mol. The molecule has 0 saturated carbocycles. The molecule has 0 heterocycles. The van der Waals surface area contributed by atoms with Gasteiger partial charge in [-0.2, -0.15) is 0 Å². The van der Waals surface area contributed by atoms with E-state index in [1.807, 2.05) is 0 Å². The molecule has 0 saturated heterocycles. The Morgan fingerprint density at radius 1 is 1.43 bits per heavy atom. The van der Waals surface area contributed by atoms with Crippen LogP contribution in [0.25, 0.3) is 0 Å². The topological polar surface area (TPSA) is 26.0 Å². The van der Waals surface area contributed by atoms with Gasteiger partial charge in [-0.3, -0.25) is 0 Å². The molecule has 0 aliphatic heterocycles. The molecule has 5 heteroatoms. The number of rotatable bonds is 0. The Bertz CT molecular complexity index is 357. The number of halogens is 4. The smallest absolute Gasteiger partial charge is 0.275 e. The zero-order valence-electron chi connectivity index (χ0n) is 7.14. The summed E-state index contributed by atoms with van der Waals surface area (Å²) in [4.78, 5) is 0. The van der Waals surface area contributed by atoms with Crippen LogP contribution in [0.4, 0.5) is 8.78 Å². The van der Waals surface area contributed by atoms with Crippen molar-refractivity contribution in [1.82, 2.24) is 0 Å². The first kappa shape index (κ1) is 11.9. The van der Waals surface area contributed by atoms with E-state index >= 15 is 0 Å². The number of nitrogens with two attached hydrogens (primary N) is 1. The number of hydrogen-bond donors (Lipinski definition) is 1. The maximum Gasteiger partial charge on any atom is 0.275 e. The minimum absolute atomic E-state index is 0. The van der Waals surface area contributed by atoms with Crippen molar-refractivity contribution >= 4 is 28.3 Å². The van der Waals surface area contributed by atoms with Crippen molar-refractivity contribution in [2.75, 3.05) is 0 Å². The lowest BCUT2D eigenvalue weighted by molar-refractivity contribution is -0.00646. The van der Waals surface area contributed by atoms with Gasteiger partial charge in [0.05, 0.1) is 0 Å². The van der Waals surface area contributed by atoms with Crippen LogP contribution in [0.5, 0.6) is 0 Å². The van der Waals surface area contributed by atoms with Gasteiger partial charge in [0, 0.05) is 22.5 Å². The van der Waals surface area contributed by atoms with Crippen LogP contribution in [-0.4, -0.2) is 0 Å². The first-order chi connectivity index (χ1) is 6.00. The van der Waals surface area contributed by atoms with Crippen molar-refractivity contribution in [1.29, 1.82) is 0 Å². The van der Waals surface area contributed by atoms with Crippen LogP contribution in [0, 0.1) is 0 Å². The Hall–Kier alpha value is -0.190. The van der Waals surface area contributed by atoms with E-state index < -0.39 is 12.0 Å². The SMILES string of the molecule is Cl.NC1CC(F)(F)c2cc(Br)ccc21. The molecule has 14 heavy (non-hydrogen) atoms. The largest absolute Gasteiger partial charge is 0.324 e. The molecule has 0 fully saturated rings. The summed E-state index contributed by atoms with van der Waals surface area (Å²) in [6.45, 7) is 0. The van der Waals surface area contributed by atoms with Crippen molar-refractivity contribution in [3.63, 3.8) is 0 Å². The van der Waals surface area contributed by atoms with Gasteiger partial charge in [-0.1, -0.05) is 22.0 Å². The molecule has 1 atom stereocenters. The maximum atomic E-state index is 13.3. The minimum Gasteiger partial charge on any atom is -0.324 e. The van der Waals surface area contributed by atoms with Crippen LogP contribution >= 0.6 is 28.3 Å². The first-order valence-corrected chi connectivity index (χ1v) is 4.73. The highest BCUT2D eigenvalue weighted by atomic mass is 79.9. The molecule has 1 aromatic rings. The van der Waals surface area contributed by atoms with E-state index in [0.29, 0.717) is 10.0 Å². The third-order valence-corrected chi connectivity index (χ3v) is 2.78. The van der Waals surface area contributed by atoms with E-state index in [1.165, 1.54) is 6.07 Å². The van der Waals surface area contributed by atoms with Gasteiger partial charge in [0.1, 0.15) is 0 Å². The summed E-state index contributed by atoms with van der Waals surface area (Å²) in [5.41, 5.74) is 6.20. The Morgan fingerprint density at radius 2 is 2.07 bits per heavy atom. The molecule has 1 aliphatic rings. The third kappa shape index (κ3) is 1.78. The molecular weight excluding hydrogens is 275 g/mol. The lowest BCUT2D eigenvalue weighted by Crippen LogP contribution is -2.10. The normalized spacial score (nSPS) is 22.7. The summed E-state index contributed by atoms with van der Waals surface area (Å²) < 4.78 is 27.2. The van der Waals surface area contributed by atoms with Gasteiger partial charge in [-0.15, -0.1) is 12.4 Å². The van der Waals surface area contributed by atoms with Crippen molar-refractivity contribution in [2.45, 2.75) is 18.4 Å². The van der Waals surface area contributed by atoms with Crippen molar-refractivity contribution in [3.05, 3.63) is 33.8 Å². The van der Waals surface area contributed by atoms with Gasteiger partial charge in [0.25, 0.3) is 5.92 Å². The molecule has 1 aromatic carbocycles. The Morgan fingerprint density at radius 3 is 2.71 bits per heavy atom. The van der Waals surface area contributed by atoms with Crippen LogP contribution in [0.1, 0.15) is 23.6 Å². The summed E-state index contributed by atoms with van der Waals surface area (Å²) >= 11 is 3.16. The molecule has 0 bridgehead atoms. The van der Waals surface area contributed by atoms with Crippen LogP contribution in [-0.2, 0) is 5.92 Å². The number of fused-ring (bicyclic) bond motifs is 1. The van der Waals surface area contributed by atoms with E-state index in [4.69, 9.17) is 5.73 Å². The van der Waals surface area contributed by atoms with E-state index in [1.54, 1.807) is 12.1 Å². The van der Waals surface area contributed by atoms with E-state index in [9.17, 15) is 8.78 Å². The molecule has 2 rings (SSSR count). The summed E-state index contributed by atoms with van der Waals surface area (Å²) in [7, 11) is 0. The van der Waals surface area contributed by atoms with Crippen LogP contribution < -0.4 is 5.73 Å². The van der Waals surface area contributed by atoms with Gasteiger partial charge >= 0.3 is 0 Å². The average molecular weight is 285 g/mol. The van der Waals surface area contributed by atoms with Crippen molar-refractivity contribution in [3.8, 4) is 0 Å². The summed E-state index contributed by atoms with van der Waals surface area (Å²) in [6.07, 6.45) is -0.279. The van der Waals surface area contributed by atoms with Crippen molar-refractivity contribution < 1.29 is 8.78 Å². The van der Waals surface area contributed by atoms with E-state index in [-0.39, 0.29) is 24.4 Å². The van der Waals surface area contributed by atoms with Crippen LogP contribution in [0.15, 0.2) is 22.7 Å². The molecule has 0 spiro atoms. The zero-order valence-corrected chi connectivity index (χ0v) is 9.54. The predicted molar refractivity (Wildman–Crippen MR) is 56.8 cm³/mol. The molecule has 0 radical (unpaired) electrons. The Balaban J connectivity index is 0.000000980. The van der Waals surface area contributed by atoms with Gasteiger partial charge in [-0.25, -0.2) is 8.78 Å². The lowest BCUT2D eigenvalue weighted by Gasteiger charge is -2.09. The third-order valence-electron chi connectivity index (χ3n) is 2.29. The molecule has 1 unspecified atom stereocenters. The Kier molecular flexibility index (Phi) is 3.19. The average Bonchev–Trinajstić information content (AvgIpc) is 2.23. The second kappa shape index (κ2) is 3.76. The first-order valence-electron chi connectivity index (χ1n) is 3.94. The van der Waals surface area contributed by atoms with Gasteiger partial charge in [0.15, 0.2) is 0 Å². The zero-order chi connectivity index (χ0) is 9.64. The predicted octanol–water partition coefficient (Wildman–Crippen LogP) is 3.37. The quantitative estimate of drug-likeness (QED) is 0.777. The number of alkyl halides is 2. The maximum absolute atomic E-state index is 13.3. The van der Waals surface area contributed by atoms with Gasteiger partial charge in [0.2, 0.25) is 0 Å². The minimum atomic E-state index is -2.77. The fourth-order valence-electron chi connectivity index (χ4n) is 1.66. The number of hydrogen-bond acceptors (Lipinski definition) is 1. The molecule has 0 aromatic heterocycles. The summed E-state index contributed by atoms with van der Waals surface area (Å²) in [5.74, 6) is -2.77. The standard InChI is InChI=1S/C9H8BrF2N.ClH/c10-5-1-2-6-7(3-5)9(11,12)4-8(6)13;/h1-3,8H,4,13H2;1H. The van der Waals surface area contributed by atoms with E-state index in [2.05, 4.69) is 15.9 Å². The second-order valence-electron chi connectivity index (χ2n) is 3.25. The fourth-order valence-corrected chi connectivity index (χ4v) is 2.03. The summed E-state index contributed by atoms with van der Waals surface area (Å²) in [6, 6.07) is 4.31. The highest BCUT2D eigenvalue weighted by Crippen LogP contribution is 2.46. The van der Waals surface area contributed by atoms with Crippen LogP contribution in [0.2, 0.25) is 0 Å². The Labute approximate surface area is 95.2 Å². The highest BCUT2D eigenvalue weighted by Gasteiger charge is 2.43. The van der Waals surface area contributed by atoms with Crippen molar-refractivity contribution in [2.24, 2.45) is 5.73 Å². The molecular formula is C9H9BrClF2N. The molecule has 1 nitrogen and oxygen atoms in total. The molecule has 78 valence electrons. The molecule has 1 aliphatic carbocycles. The van der Waals surface area contributed by atoms with Crippen LogP contribution in [0.3, 0.4) is 0 Å². The van der Waals surface area contributed by atoms with E-state index in [0.717, 1.165) is 0 Å².